The SMILES string of the molecule is COc1ccc(NC(=O)COC(=O)C2(C)CC2(Cl)Cl)cc1Cl. The van der Waals surface area contributed by atoms with E-state index >= 15 is 0 Å². The van der Waals surface area contributed by atoms with Gasteiger partial charge in [0.1, 0.15) is 15.5 Å². The van der Waals surface area contributed by atoms with Crippen LogP contribution in [0.4, 0.5) is 5.69 Å². The van der Waals surface area contributed by atoms with Crippen molar-refractivity contribution in [1.82, 2.24) is 0 Å². The van der Waals surface area contributed by atoms with Crippen LogP contribution in [-0.4, -0.2) is 29.9 Å². The lowest BCUT2D eigenvalue weighted by Gasteiger charge is -2.12. The van der Waals surface area contributed by atoms with Crippen molar-refractivity contribution in [2.24, 2.45) is 5.41 Å². The molecule has 22 heavy (non-hydrogen) atoms. The maximum atomic E-state index is 11.8. The highest BCUT2D eigenvalue weighted by atomic mass is 35.5. The van der Waals surface area contributed by atoms with Gasteiger partial charge >= 0.3 is 5.97 Å². The molecule has 1 amide bonds. The predicted molar refractivity (Wildman–Crippen MR) is 84.8 cm³/mol. The van der Waals surface area contributed by atoms with Crippen molar-refractivity contribution in [3.8, 4) is 5.75 Å². The largest absolute Gasteiger partial charge is 0.495 e. The molecule has 1 saturated carbocycles. The van der Waals surface area contributed by atoms with Gasteiger partial charge < -0.3 is 14.8 Å². The van der Waals surface area contributed by atoms with Gasteiger partial charge in [0.05, 0.1) is 12.1 Å². The Balaban J connectivity index is 1.86. The van der Waals surface area contributed by atoms with Crippen LogP contribution < -0.4 is 10.1 Å². The number of ether oxygens (including phenoxy) is 2. The van der Waals surface area contributed by atoms with Gasteiger partial charge in [0.2, 0.25) is 0 Å². The highest BCUT2D eigenvalue weighted by Crippen LogP contribution is 2.64. The van der Waals surface area contributed by atoms with Gasteiger partial charge in [0, 0.05) is 12.1 Å². The number of amides is 1. The first-order chi connectivity index (χ1) is 10.2. The van der Waals surface area contributed by atoms with Gasteiger partial charge in [-0.05, 0) is 25.1 Å². The molecule has 1 atom stereocenters. The van der Waals surface area contributed by atoms with E-state index in [4.69, 9.17) is 44.3 Å². The van der Waals surface area contributed by atoms with Gasteiger partial charge in [0.15, 0.2) is 6.61 Å². The van der Waals surface area contributed by atoms with Crippen molar-refractivity contribution >= 4 is 52.4 Å². The number of carbonyl (C=O) groups is 2. The Hall–Kier alpha value is -1.17. The van der Waals surface area contributed by atoms with Crippen molar-refractivity contribution in [1.29, 1.82) is 0 Å². The van der Waals surface area contributed by atoms with Gasteiger partial charge in [-0.3, -0.25) is 9.59 Å². The maximum Gasteiger partial charge on any atom is 0.315 e. The summed E-state index contributed by atoms with van der Waals surface area (Å²) in [6, 6.07) is 4.77. The van der Waals surface area contributed by atoms with Crippen molar-refractivity contribution in [2.75, 3.05) is 19.0 Å². The van der Waals surface area contributed by atoms with E-state index in [2.05, 4.69) is 5.32 Å². The summed E-state index contributed by atoms with van der Waals surface area (Å²) in [4.78, 5) is 23.6. The average molecular weight is 367 g/mol. The maximum absolute atomic E-state index is 11.8. The molecular formula is C14H14Cl3NO4. The number of benzene rings is 1. The molecule has 0 aliphatic heterocycles. The Kier molecular flexibility index (Phi) is 4.80. The van der Waals surface area contributed by atoms with Crippen molar-refractivity contribution in [3.05, 3.63) is 23.2 Å². The Morgan fingerprint density at radius 1 is 1.36 bits per heavy atom. The number of nitrogens with one attached hydrogen (secondary N) is 1. The average Bonchev–Trinajstić information content (AvgIpc) is 2.96. The van der Waals surface area contributed by atoms with Gasteiger partial charge in [-0.1, -0.05) is 11.6 Å². The van der Waals surface area contributed by atoms with Crippen molar-refractivity contribution in [2.45, 2.75) is 17.7 Å². The Bertz CT molecular complexity index is 620. The molecule has 1 N–H and O–H groups in total. The zero-order valence-electron chi connectivity index (χ0n) is 11.9. The zero-order chi connectivity index (χ0) is 16.5. The molecule has 0 heterocycles. The number of rotatable bonds is 5. The van der Waals surface area contributed by atoms with Gasteiger partial charge in [-0.15, -0.1) is 23.2 Å². The van der Waals surface area contributed by atoms with Crippen LogP contribution in [0.25, 0.3) is 0 Å². The lowest BCUT2D eigenvalue weighted by molar-refractivity contribution is -0.152. The summed E-state index contributed by atoms with van der Waals surface area (Å²) < 4.78 is 8.82. The normalized spacial score (nSPS) is 21.9. The van der Waals surface area contributed by atoms with E-state index in [0.29, 0.717) is 22.9 Å². The molecule has 8 heteroatoms. The van der Waals surface area contributed by atoms with E-state index in [9.17, 15) is 9.59 Å². The first kappa shape index (κ1) is 17.2. The summed E-state index contributed by atoms with van der Waals surface area (Å²) in [5.41, 5.74) is -0.492. The molecule has 120 valence electrons. The molecule has 1 aliphatic carbocycles. The van der Waals surface area contributed by atoms with Crippen LogP contribution in [0.1, 0.15) is 13.3 Å². The minimum Gasteiger partial charge on any atom is -0.495 e. The number of methoxy groups -OCH3 is 1. The number of halogens is 3. The van der Waals surface area contributed by atoms with Crippen molar-refractivity contribution in [3.63, 3.8) is 0 Å². The summed E-state index contributed by atoms with van der Waals surface area (Å²) in [5, 5.41) is 2.92. The van der Waals surface area contributed by atoms with Crippen LogP contribution in [0.2, 0.25) is 5.02 Å². The molecule has 1 aromatic rings. The molecule has 1 unspecified atom stereocenters. The fourth-order valence-corrected chi connectivity index (χ4v) is 2.80. The Morgan fingerprint density at radius 2 is 2.00 bits per heavy atom. The third kappa shape index (κ3) is 3.42. The monoisotopic (exact) mass is 365 g/mol. The van der Waals surface area contributed by atoms with Crippen LogP contribution in [0.15, 0.2) is 18.2 Å². The molecule has 2 rings (SSSR count). The standard InChI is InChI=1S/C14H14Cl3NO4/c1-13(7-14(13,16)17)12(20)22-6-11(19)18-8-3-4-10(21-2)9(15)5-8/h3-5H,6-7H2,1-2H3,(H,18,19). The lowest BCUT2D eigenvalue weighted by Crippen LogP contribution is -2.26. The summed E-state index contributed by atoms with van der Waals surface area (Å²) in [5.74, 6) is -0.595. The Labute approximate surface area is 142 Å². The first-order valence-corrected chi connectivity index (χ1v) is 7.51. The van der Waals surface area contributed by atoms with Gasteiger partial charge in [0.25, 0.3) is 5.91 Å². The fourth-order valence-electron chi connectivity index (χ4n) is 1.85. The number of alkyl halides is 2. The van der Waals surface area contributed by atoms with Crippen LogP contribution in [-0.2, 0) is 14.3 Å². The van der Waals surface area contributed by atoms with Gasteiger partial charge in [-0.2, -0.15) is 0 Å². The highest BCUT2D eigenvalue weighted by molar-refractivity contribution is 6.53. The third-order valence-corrected chi connectivity index (χ3v) is 4.88. The smallest absolute Gasteiger partial charge is 0.315 e. The quantitative estimate of drug-likeness (QED) is 0.640. The molecule has 1 aliphatic rings. The molecule has 1 aromatic carbocycles. The summed E-state index contributed by atoms with van der Waals surface area (Å²) >= 11 is 17.7. The lowest BCUT2D eigenvalue weighted by atomic mass is 10.1. The molecule has 0 aromatic heterocycles. The molecular weight excluding hydrogens is 353 g/mol. The minimum absolute atomic E-state index is 0.303. The number of hydrogen-bond acceptors (Lipinski definition) is 4. The second-order valence-electron chi connectivity index (χ2n) is 5.19. The molecule has 0 spiro atoms. The van der Waals surface area contributed by atoms with E-state index in [1.54, 1.807) is 19.1 Å². The van der Waals surface area contributed by atoms with E-state index < -0.39 is 28.2 Å². The predicted octanol–water partition coefficient (Wildman–Crippen LogP) is 3.41. The van der Waals surface area contributed by atoms with Crippen LogP contribution in [0.3, 0.4) is 0 Å². The number of hydrogen-bond donors (Lipinski definition) is 1. The van der Waals surface area contributed by atoms with E-state index in [0.717, 1.165) is 0 Å². The number of anilines is 1. The van der Waals surface area contributed by atoms with Crippen LogP contribution >= 0.6 is 34.8 Å². The van der Waals surface area contributed by atoms with Crippen LogP contribution in [0, 0.1) is 5.41 Å². The highest BCUT2D eigenvalue weighted by Gasteiger charge is 2.69. The molecule has 5 nitrogen and oxygen atoms in total. The van der Waals surface area contributed by atoms with E-state index in [1.807, 2.05) is 0 Å². The number of carbonyl (C=O) groups excluding carboxylic acids is 2. The van der Waals surface area contributed by atoms with Crippen molar-refractivity contribution < 1.29 is 19.1 Å². The zero-order valence-corrected chi connectivity index (χ0v) is 14.2. The number of esters is 1. The molecule has 0 radical (unpaired) electrons. The first-order valence-electron chi connectivity index (χ1n) is 6.38. The van der Waals surface area contributed by atoms with E-state index in [-0.39, 0.29) is 0 Å². The molecule has 1 fully saturated rings. The summed E-state index contributed by atoms with van der Waals surface area (Å²) in [7, 11) is 1.49. The fraction of sp³-hybridized carbons (Fsp3) is 0.429. The third-order valence-electron chi connectivity index (χ3n) is 3.48. The Morgan fingerprint density at radius 3 is 2.50 bits per heavy atom. The van der Waals surface area contributed by atoms with Gasteiger partial charge in [-0.25, -0.2) is 0 Å². The molecule has 0 bridgehead atoms. The van der Waals surface area contributed by atoms with E-state index in [1.165, 1.54) is 13.2 Å². The summed E-state index contributed by atoms with van der Waals surface area (Å²) in [6.07, 6.45) is 0.303. The second kappa shape index (κ2) is 6.14. The van der Waals surface area contributed by atoms with Crippen LogP contribution in [0.5, 0.6) is 5.75 Å². The minimum atomic E-state index is -1.12. The summed E-state index contributed by atoms with van der Waals surface area (Å²) in [6.45, 7) is 1.17. The molecule has 0 saturated heterocycles. The second-order valence-corrected chi connectivity index (χ2v) is 7.08. The topological polar surface area (TPSA) is 64.6 Å².